The van der Waals surface area contributed by atoms with E-state index in [1.807, 2.05) is 30.3 Å². The zero-order valence-corrected chi connectivity index (χ0v) is 9.05. The third-order valence-electron chi connectivity index (χ3n) is 1.62. The van der Waals surface area contributed by atoms with Crippen molar-refractivity contribution in [1.29, 1.82) is 0 Å². The van der Waals surface area contributed by atoms with Crippen LogP contribution in [-0.4, -0.2) is 11.2 Å². The average Bonchev–Trinajstić information content (AvgIpc) is 2.17. The summed E-state index contributed by atoms with van der Waals surface area (Å²) in [6, 6.07) is 9.69. The molecule has 0 aliphatic carbocycles. The van der Waals surface area contributed by atoms with Crippen LogP contribution < -0.4 is 0 Å². The highest BCUT2D eigenvalue weighted by molar-refractivity contribution is 9.10. The first-order chi connectivity index (χ1) is 6.14. The van der Waals surface area contributed by atoms with E-state index in [1.54, 1.807) is 6.92 Å². The van der Waals surface area contributed by atoms with Crippen LogP contribution in [0.15, 0.2) is 30.3 Å². The third kappa shape index (κ3) is 3.87. The van der Waals surface area contributed by atoms with Gasteiger partial charge in [0.2, 0.25) is 0 Å². The van der Waals surface area contributed by atoms with Crippen LogP contribution in [0.3, 0.4) is 0 Å². The standard InChI is InChI=1S/C10H12BrFO/c1-10(11,8-12)13-7-9-5-3-2-4-6-9/h2-6H,7-8H2,1H3. The summed E-state index contributed by atoms with van der Waals surface area (Å²) in [6.07, 6.45) is 0. The summed E-state index contributed by atoms with van der Waals surface area (Å²) in [5.41, 5.74) is 1.04. The van der Waals surface area contributed by atoms with E-state index in [-0.39, 0.29) is 0 Å². The molecule has 1 aromatic rings. The topological polar surface area (TPSA) is 9.23 Å². The number of rotatable bonds is 4. The molecule has 13 heavy (non-hydrogen) atoms. The van der Waals surface area contributed by atoms with Crippen molar-refractivity contribution in [2.75, 3.05) is 6.67 Å². The molecule has 0 spiro atoms. The second-order valence-electron chi connectivity index (χ2n) is 3.01. The van der Waals surface area contributed by atoms with E-state index < -0.39 is 11.2 Å². The molecule has 1 nitrogen and oxygen atoms in total. The van der Waals surface area contributed by atoms with E-state index in [0.717, 1.165) is 5.56 Å². The highest BCUT2D eigenvalue weighted by atomic mass is 79.9. The first kappa shape index (κ1) is 10.7. The maximum atomic E-state index is 12.3. The monoisotopic (exact) mass is 246 g/mol. The number of hydrogen-bond donors (Lipinski definition) is 0. The number of benzene rings is 1. The van der Waals surface area contributed by atoms with Gasteiger partial charge in [0, 0.05) is 0 Å². The predicted octanol–water partition coefficient (Wildman–Crippen LogP) is 3.28. The van der Waals surface area contributed by atoms with E-state index in [0.29, 0.717) is 6.61 Å². The maximum absolute atomic E-state index is 12.3. The molecule has 0 saturated carbocycles. The summed E-state index contributed by atoms with van der Waals surface area (Å²) in [6.45, 7) is 1.54. The molecule has 72 valence electrons. The summed E-state index contributed by atoms with van der Waals surface area (Å²) in [7, 11) is 0. The van der Waals surface area contributed by atoms with Crippen molar-refractivity contribution < 1.29 is 9.13 Å². The minimum absolute atomic E-state index is 0.423. The summed E-state index contributed by atoms with van der Waals surface area (Å²) >= 11 is 3.14. The van der Waals surface area contributed by atoms with Gasteiger partial charge in [-0.25, -0.2) is 4.39 Å². The number of ether oxygens (including phenoxy) is 1. The Balaban J connectivity index is 2.44. The van der Waals surface area contributed by atoms with Crippen molar-refractivity contribution in [3.8, 4) is 0 Å². The van der Waals surface area contributed by atoms with Crippen LogP contribution in [-0.2, 0) is 11.3 Å². The molecule has 1 rings (SSSR count). The van der Waals surface area contributed by atoms with Crippen LogP contribution in [0.5, 0.6) is 0 Å². The van der Waals surface area contributed by atoms with Gasteiger partial charge >= 0.3 is 0 Å². The summed E-state index contributed by atoms with van der Waals surface area (Å²) in [4.78, 5) is 0. The van der Waals surface area contributed by atoms with Crippen molar-refractivity contribution in [2.24, 2.45) is 0 Å². The lowest BCUT2D eigenvalue weighted by molar-refractivity contribution is 0.0155. The Morgan fingerprint density at radius 2 is 2.00 bits per heavy atom. The Morgan fingerprint density at radius 3 is 2.54 bits per heavy atom. The van der Waals surface area contributed by atoms with Gasteiger partial charge < -0.3 is 4.74 Å². The van der Waals surface area contributed by atoms with Crippen molar-refractivity contribution >= 4 is 15.9 Å². The second-order valence-corrected chi connectivity index (χ2v) is 4.69. The fraction of sp³-hybridized carbons (Fsp3) is 0.400. The Labute approximate surface area is 86.0 Å². The molecule has 3 heteroatoms. The summed E-state index contributed by atoms with van der Waals surface area (Å²) < 4.78 is 16.7. The Morgan fingerprint density at radius 1 is 1.38 bits per heavy atom. The average molecular weight is 247 g/mol. The zero-order chi connectivity index (χ0) is 9.73. The van der Waals surface area contributed by atoms with Crippen molar-refractivity contribution in [3.05, 3.63) is 35.9 Å². The van der Waals surface area contributed by atoms with Crippen LogP contribution in [0, 0.1) is 0 Å². The van der Waals surface area contributed by atoms with Gasteiger partial charge in [-0.2, -0.15) is 0 Å². The van der Waals surface area contributed by atoms with Crippen molar-refractivity contribution in [3.63, 3.8) is 0 Å². The lowest BCUT2D eigenvalue weighted by atomic mass is 10.2. The lowest BCUT2D eigenvalue weighted by Crippen LogP contribution is -2.22. The molecule has 1 unspecified atom stereocenters. The molecule has 0 heterocycles. The van der Waals surface area contributed by atoms with Crippen LogP contribution >= 0.6 is 15.9 Å². The molecule has 1 aromatic carbocycles. The first-order valence-corrected chi connectivity index (χ1v) is 4.86. The number of halogens is 2. The Hall–Kier alpha value is -0.410. The van der Waals surface area contributed by atoms with Gasteiger partial charge in [0.1, 0.15) is 11.2 Å². The van der Waals surface area contributed by atoms with Gasteiger partial charge in [0.25, 0.3) is 0 Å². The largest absolute Gasteiger partial charge is 0.357 e. The highest BCUT2D eigenvalue weighted by Gasteiger charge is 2.20. The molecule has 1 atom stereocenters. The molecular formula is C10H12BrFO. The van der Waals surface area contributed by atoms with Gasteiger partial charge in [-0.3, -0.25) is 0 Å². The van der Waals surface area contributed by atoms with Crippen molar-refractivity contribution in [2.45, 2.75) is 18.0 Å². The molecule has 0 N–H and O–H groups in total. The van der Waals surface area contributed by atoms with E-state index in [2.05, 4.69) is 15.9 Å². The van der Waals surface area contributed by atoms with E-state index in [1.165, 1.54) is 0 Å². The summed E-state index contributed by atoms with van der Waals surface area (Å²) in [5.74, 6) is 0. The fourth-order valence-electron chi connectivity index (χ4n) is 0.847. The van der Waals surface area contributed by atoms with Gasteiger partial charge in [-0.15, -0.1) is 0 Å². The van der Waals surface area contributed by atoms with E-state index >= 15 is 0 Å². The zero-order valence-electron chi connectivity index (χ0n) is 7.47. The molecule has 0 aliphatic rings. The number of hydrogen-bond acceptors (Lipinski definition) is 1. The van der Waals surface area contributed by atoms with Crippen molar-refractivity contribution in [1.82, 2.24) is 0 Å². The number of alkyl halides is 2. The molecular weight excluding hydrogens is 235 g/mol. The molecule has 0 aliphatic heterocycles. The lowest BCUT2D eigenvalue weighted by Gasteiger charge is -2.19. The third-order valence-corrected chi connectivity index (χ3v) is 2.06. The van der Waals surface area contributed by atoms with Gasteiger partial charge in [0.05, 0.1) is 6.61 Å². The van der Waals surface area contributed by atoms with Crippen LogP contribution in [0.25, 0.3) is 0 Å². The van der Waals surface area contributed by atoms with E-state index in [4.69, 9.17) is 4.74 Å². The minimum atomic E-state index is -0.858. The molecule has 0 radical (unpaired) electrons. The molecule has 0 aromatic heterocycles. The van der Waals surface area contributed by atoms with Crippen LogP contribution in [0.2, 0.25) is 0 Å². The molecule has 0 bridgehead atoms. The van der Waals surface area contributed by atoms with E-state index in [9.17, 15) is 4.39 Å². The quantitative estimate of drug-likeness (QED) is 0.742. The smallest absolute Gasteiger partial charge is 0.148 e. The molecule has 0 saturated heterocycles. The van der Waals surface area contributed by atoms with Crippen LogP contribution in [0.1, 0.15) is 12.5 Å². The fourth-order valence-corrected chi connectivity index (χ4v) is 0.961. The Kier molecular flexibility index (Phi) is 3.88. The maximum Gasteiger partial charge on any atom is 0.148 e. The highest BCUT2D eigenvalue weighted by Crippen LogP contribution is 2.21. The molecule has 0 amide bonds. The van der Waals surface area contributed by atoms with Gasteiger partial charge in [-0.1, -0.05) is 46.3 Å². The van der Waals surface area contributed by atoms with Gasteiger partial charge in [-0.05, 0) is 12.5 Å². The minimum Gasteiger partial charge on any atom is -0.357 e. The normalized spacial score (nSPS) is 15.3. The summed E-state index contributed by atoms with van der Waals surface area (Å²) in [5, 5.41) is 0. The van der Waals surface area contributed by atoms with Gasteiger partial charge in [0.15, 0.2) is 0 Å². The second kappa shape index (κ2) is 4.72. The Bertz CT molecular complexity index is 248. The predicted molar refractivity (Wildman–Crippen MR) is 54.5 cm³/mol. The SMILES string of the molecule is CC(Br)(CF)OCc1ccccc1. The first-order valence-electron chi connectivity index (χ1n) is 4.07. The van der Waals surface area contributed by atoms with Crippen LogP contribution in [0.4, 0.5) is 4.39 Å². The molecule has 0 fully saturated rings.